The van der Waals surface area contributed by atoms with E-state index < -0.39 is 0 Å². The third kappa shape index (κ3) is 4.14. The smallest absolute Gasteiger partial charge is 0.254 e. The van der Waals surface area contributed by atoms with Crippen molar-refractivity contribution in [3.63, 3.8) is 0 Å². The summed E-state index contributed by atoms with van der Waals surface area (Å²) in [6.45, 7) is 6.52. The topological polar surface area (TPSA) is 56.7 Å². The SMILES string of the molecule is CCc1ccc(CN2CCc3c(C(=O)N4CCC[C@@H](CO)C4)csc3C2)nc1. The molecule has 28 heavy (non-hydrogen) atoms. The lowest BCUT2D eigenvalue weighted by atomic mass is 9.97. The zero-order valence-electron chi connectivity index (χ0n) is 16.6. The monoisotopic (exact) mass is 399 g/mol. The van der Waals surface area contributed by atoms with E-state index >= 15 is 0 Å². The molecule has 0 saturated carbocycles. The van der Waals surface area contributed by atoms with Crippen LogP contribution in [0.5, 0.6) is 0 Å². The van der Waals surface area contributed by atoms with Gasteiger partial charge in [-0.15, -0.1) is 11.3 Å². The molecule has 2 aliphatic rings. The van der Waals surface area contributed by atoms with Gasteiger partial charge < -0.3 is 10.0 Å². The number of likely N-dealkylation sites (tertiary alicyclic amines) is 1. The van der Waals surface area contributed by atoms with E-state index in [1.165, 1.54) is 16.0 Å². The molecule has 2 aromatic rings. The summed E-state index contributed by atoms with van der Waals surface area (Å²) in [5.74, 6) is 0.384. The quantitative estimate of drug-likeness (QED) is 0.839. The van der Waals surface area contributed by atoms with Crippen molar-refractivity contribution < 1.29 is 9.90 Å². The van der Waals surface area contributed by atoms with E-state index in [1.807, 2.05) is 16.5 Å². The van der Waals surface area contributed by atoms with E-state index in [1.54, 1.807) is 11.3 Å². The Bertz CT molecular complexity index is 818. The maximum Gasteiger partial charge on any atom is 0.254 e. The number of piperidine rings is 1. The Morgan fingerprint density at radius 3 is 3.00 bits per heavy atom. The summed E-state index contributed by atoms with van der Waals surface area (Å²) in [6.07, 6.45) is 5.92. The predicted molar refractivity (Wildman–Crippen MR) is 111 cm³/mol. The van der Waals surface area contributed by atoms with E-state index in [-0.39, 0.29) is 18.4 Å². The van der Waals surface area contributed by atoms with Gasteiger partial charge in [0, 0.05) is 55.8 Å². The van der Waals surface area contributed by atoms with Gasteiger partial charge in [-0.1, -0.05) is 13.0 Å². The molecule has 1 amide bonds. The number of nitrogens with zero attached hydrogens (tertiary/aromatic N) is 3. The maximum absolute atomic E-state index is 13.1. The van der Waals surface area contributed by atoms with Crippen LogP contribution >= 0.6 is 11.3 Å². The van der Waals surface area contributed by atoms with Gasteiger partial charge in [-0.25, -0.2) is 0 Å². The van der Waals surface area contributed by atoms with Crippen LogP contribution < -0.4 is 0 Å². The van der Waals surface area contributed by atoms with Crippen molar-refractivity contribution in [2.75, 3.05) is 26.2 Å². The number of fused-ring (bicyclic) bond motifs is 1. The van der Waals surface area contributed by atoms with Gasteiger partial charge >= 0.3 is 0 Å². The number of pyridine rings is 1. The van der Waals surface area contributed by atoms with Crippen LogP contribution in [0, 0.1) is 5.92 Å². The third-order valence-electron chi connectivity index (χ3n) is 6.00. The Labute approximate surface area is 171 Å². The molecule has 2 aliphatic heterocycles. The average Bonchev–Trinajstić information content (AvgIpc) is 3.17. The van der Waals surface area contributed by atoms with E-state index in [9.17, 15) is 9.90 Å². The minimum atomic E-state index is 0.154. The van der Waals surface area contributed by atoms with Crippen LogP contribution in [0.2, 0.25) is 0 Å². The second-order valence-corrected chi connectivity index (χ2v) is 8.93. The van der Waals surface area contributed by atoms with Crippen LogP contribution in [-0.4, -0.2) is 52.0 Å². The number of aromatic nitrogens is 1. The van der Waals surface area contributed by atoms with Gasteiger partial charge in [-0.2, -0.15) is 0 Å². The number of hydrogen-bond acceptors (Lipinski definition) is 5. The van der Waals surface area contributed by atoms with Crippen molar-refractivity contribution >= 4 is 17.2 Å². The zero-order chi connectivity index (χ0) is 19.5. The molecular formula is C22H29N3O2S. The van der Waals surface area contributed by atoms with E-state index in [4.69, 9.17) is 0 Å². The minimum Gasteiger partial charge on any atom is -0.396 e. The fraction of sp³-hybridized carbons (Fsp3) is 0.545. The van der Waals surface area contributed by atoms with Crippen LogP contribution in [-0.2, 0) is 25.9 Å². The van der Waals surface area contributed by atoms with Crippen LogP contribution in [0.3, 0.4) is 0 Å². The number of aliphatic hydroxyl groups excluding tert-OH is 1. The molecular weight excluding hydrogens is 370 g/mol. The highest BCUT2D eigenvalue weighted by Crippen LogP contribution is 2.31. The Balaban J connectivity index is 1.42. The predicted octanol–water partition coefficient (Wildman–Crippen LogP) is 3.11. The summed E-state index contributed by atoms with van der Waals surface area (Å²) in [5, 5.41) is 11.5. The molecule has 0 aromatic carbocycles. The molecule has 1 fully saturated rings. The van der Waals surface area contributed by atoms with Crippen molar-refractivity contribution in [2.24, 2.45) is 5.92 Å². The molecule has 0 unspecified atom stereocenters. The Hall–Kier alpha value is -1.76. The first-order chi connectivity index (χ1) is 13.7. The summed E-state index contributed by atoms with van der Waals surface area (Å²) < 4.78 is 0. The van der Waals surface area contributed by atoms with Crippen molar-refractivity contribution in [3.8, 4) is 0 Å². The Morgan fingerprint density at radius 2 is 2.25 bits per heavy atom. The van der Waals surface area contributed by atoms with Crippen LogP contribution in [0.25, 0.3) is 0 Å². The van der Waals surface area contributed by atoms with Gasteiger partial charge in [0.1, 0.15) is 0 Å². The van der Waals surface area contributed by atoms with Crippen molar-refractivity contribution in [2.45, 2.75) is 45.7 Å². The second kappa shape index (κ2) is 8.72. The number of aliphatic hydroxyl groups is 1. The molecule has 2 aromatic heterocycles. The average molecular weight is 400 g/mol. The molecule has 0 radical (unpaired) electrons. The highest BCUT2D eigenvalue weighted by atomic mass is 32.1. The molecule has 1 N–H and O–H groups in total. The van der Waals surface area contributed by atoms with Gasteiger partial charge in [0.05, 0.1) is 11.3 Å². The van der Waals surface area contributed by atoms with Crippen molar-refractivity contribution in [3.05, 3.63) is 51.0 Å². The lowest BCUT2D eigenvalue weighted by Gasteiger charge is -2.32. The third-order valence-corrected chi connectivity index (χ3v) is 7.01. The van der Waals surface area contributed by atoms with Gasteiger partial charge in [0.25, 0.3) is 5.91 Å². The number of carbonyl (C=O) groups excluding carboxylic acids is 1. The van der Waals surface area contributed by atoms with Crippen LogP contribution in [0.1, 0.15) is 51.8 Å². The maximum atomic E-state index is 13.1. The van der Waals surface area contributed by atoms with Gasteiger partial charge in [-0.05, 0) is 48.8 Å². The lowest BCUT2D eigenvalue weighted by Crippen LogP contribution is -2.41. The second-order valence-electron chi connectivity index (χ2n) is 7.97. The molecule has 150 valence electrons. The number of hydrogen-bond donors (Lipinski definition) is 1. The lowest BCUT2D eigenvalue weighted by molar-refractivity contribution is 0.0619. The van der Waals surface area contributed by atoms with Crippen molar-refractivity contribution in [1.29, 1.82) is 0 Å². The molecule has 0 spiro atoms. The number of thiophene rings is 1. The summed E-state index contributed by atoms with van der Waals surface area (Å²) in [6, 6.07) is 4.30. The standard InChI is InChI=1S/C22H29N3O2S/c1-2-16-5-6-18(23-10-16)12-24-9-7-19-20(15-28-21(19)13-24)22(27)25-8-3-4-17(11-25)14-26/h5-6,10,15,17,26H,2-4,7-9,11-14H2,1H3/t17-/m1/s1. The van der Waals surface area contributed by atoms with Crippen molar-refractivity contribution in [1.82, 2.24) is 14.8 Å². The number of rotatable bonds is 5. The van der Waals surface area contributed by atoms with Crippen LogP contribution in [0.4, 0.5) is 0 Å². The van der Waals surface area contributed by atoms with E-state index in [2.05, 4.69) is 28.9 Å². The summed E-state index contributed by atoms with van der Waals surface area (Å²) in [4.78, 5) is 23.3. The van der Waals surface area contributed by atoms with E-state index in [0.717, 1.165) is 63.1 Å². The highest BCUT2D eigenvalue weighted by Gasteiger charge is 2.29. The first-order valence-electron chi connectivity index (χ1n) is 10.3. The first-order valence-corrected chi connectivity index (χ1v) is 11.2. The fourth-order valence-corrected chi connectivity index (χ4v) is 5.37. The first kappa shape index (κ1) is 19.6. The number of aryl methyl sites for hydroxylation is 1. The van der Waals surface area contributed by atoms with E-state index in [0.29, 0.717) is 6.54 Å². The fourth-order valence-electron chi connectivity index (χ4n) is 4.25. The molecule has 1 atom stereocenters. The highest BCUT2D eigenvalue weighted by molar-refractivity contribution is 7.10. The van der Waals surface area contributed by atoms with Gasteiger partial charge in [-0.3, -0.25) is 14.7 Å². The largest absolute Gasteiger partial charge is 0.396 e. The van der Waals surface area contributed by atoms with Gasteiger partial charge in [0.2, 0.25) is 0 Å². The Kier molecular flexibility index (Phi) is 6.09. The molecule has 0 bridgehead atoms. The van der Waals surface area contributed by atoms with Crippen LogP contribution in [0.15, 0.2) is 23.7 Å². The molecule has 6 heteroatoms. The molecule has 5 nitrogen and oxygen atoms in total. The van der Waals surface area contributed by atoms with Gasteiger partial charge in [0.15, 0.2) is 0 Å². The minimum absolute atomic E-state index is 0.154. The summed E-state index contributed by atoms with van der Waals surface area (Å²) in [5.41, 5.74) is 4.51. The summed E-state index contributed by atoms with van der Waals surface area (Å²) >= 11 is 1.71. The number of carbonyl (C=O) groups is 1. The Morgan fingerprint density at radius 1 is 1.36 bits per heavy atom. The molecule has 4 heterocycles. The molecule has 4 rings (SSSR count). The molecule has 0 aliphatic carbocycles. The summed E-state index contributed by atoms with van der Waals surface area (Å²) in [7, 11) is 0. The number of amides is 1. The normalized spacial score (nSPS) is 20.2. The zero-order valence-corrected chi connectivity index (χ0v) is 17.4. The molecule has 1 saturated heterocycles.